The van der Waals surface area contributed by atoms with Crippen LogP contribution in [0.25, 0.3) is 0 Å². The zero-order valence-corrected chi connectivity index (χ0v) is 12.5. The zero-order chi connectivity index (χ0) is 14.2. The van der Waals surface area contributed by atoms with Crippen molar-refractivity contribution >= 4 is 5.91 Å². The lowest BCUT2D eigenvalue weighted by atomic mass is 10.0. The quantitative estimate of drug-likeness (QED) is 0.906. The van der Waals surface area contributed by atoms with Crippen LogP contribution in [0.4, 0.5) is 0 Å². The number of hydrogen-bond acceptors (Lipinski definition) is 2. The van der Waals surface area contributed by atoms with E-state index in [1.165, 1.54) is 11.1 Å². The van der Waals surface area contributed by atoms with E-state index in [1.54, 1.807) is 0 Å². The summed E-state index contributed by atoms with van der Waals surface area (Å²) in [7, 11) is 0. The Hall–Kier alpha value is -1.35. The number of benzene rings is 1. The maximum Gasteiger partial charge on any atom is 0.241 e. The van der Waals surface area contributed by atoms with Crippen LogP contribution in [0.1, 0.15) is 45.0 Å². The number of rotatable bonds is 3. The highest BCUT2D eigenvalue weighted by Crippen LogP contribution is 2.31. The minimum absolute atomic E-state index is 0.00102. The van der Waals surface area contributed by atoms with Gasteiger partial charge in [-0.1, -0.05) is 38.1 Å². The van der Waals surface area contributed by atoms with Crippen molar-refractivity contribution in [3.63, 3.8) is 0 Å². The first-order valence-corrected chi connectivity index (χ1v) is 7.07. The van der Waals surface area contributed by atoms with Crippen LogP contribution in [-0.2, 0) is 4.79 Å². The first-order chi connectivity index (χ1) is 8.93. The highest BCUT2D eigenvalue weighted by atomic mass is 16.2. The summed E-state index contributed by atoms with van der Waals surface area (Å²) in [6.45, 7) is 10.5. The van der Waals surface area contributed by atoms with Crippen molar-refractivity contribution in [2.45, 2.75) is 52.9 Å². The number of carbonyl (C=O) groups is 1. The van der Waals surface area contributed by atoms with Crippen molar-refractivity contribution in [1.82, 2.24) is 10.2 Å². The van der Waals surface area contributed by atoms with Gasteiger partial charge in [-0.2, -0.15) is 0 Å². The lowest BCUT2D eigenvalue weighted by Gasteiger charge is -2.33. The fourth-order valence-electron chi connectivity index (χ4n) is 2.63. The summed E-state index contributed by atoms with van der Waals surface area (Å²) < 4.78 is 0. The number of nitrogens with zero attached hydrogens (tertiary/aromatic N) is 1. The Labute approximate surface area is 116 Å². The molecule has 3 atom stereocenters. The second kappa shape index (κ2) is 5.33. The number of amides is 1. The molecule has 104 valence electrons. The molecule has 19 heavy (non-hydrogen) atoms. The maximum atomic E-state index is 12.4. The molecule has 0 saturated carbocycles. The van der Waals surface area contributed by atoms with Gasteiger partial charge in [0.1, 0.15) is 6.17 Å². The third-order valence-electron chi connectivity index (χ3n) is 4.20. The van der Waals surface area contributed by atoms with Gasteiger partial charge in [0, 0.05) is 6.04 Å². The molecule has 3 nitrogen and oxygen atoms in total. The molecular formula is C16H24N2O. The van der Waals surface area contributed by atoms with Crippen LogP contribution < -0.4 is 5.32 Å². The van der Waals surface area contributed by atoms with E-state index in [0.29, 0.717) is 5.92 Å². The van der Waals surface area contributed by atoms with Gasteiger partial charge in [0.05, 0.1) is 6.04 Å². The number of aryl methyl sites for hydroxylation is 1. The number of carbonyl (C=O) groups excluding carboxylic acids is 1. The smallest absolute Gasteiger partial charge is 0.241 e. The summed E-state index contributed by atoms with van der Waals surface area (Å²) in [5, 5.41) is 3.42. The minimum atomic E-state index is -0.106. The molecule has 1 aliphatic rings. The van der Waals surface area contributed by atoms with Gasteiger partial charge in [-0.3, -0.25) is 10.1 Å². The summed E-state index contributed by atoms with van der Waals surface area (Å²) in [5.41, 5.74) is 2.43. The van der Waals surface area contributed by atoms with Crippen LogP contribution in [-0.4, -0.2) is 22.9 Å². The SMILES string of the molecule is Cc1ccccc1C1NC(C)C(=O)N1C(C)C(C)C. The van der Waals surface area contributed by atoms with Crippen molar-refractivity contribution < 1.29 is 4.79 Å². The van der Waals surface area contributed by atoms with Crippen molar-refractivity contribution in [2.75, 3.05) is 0 Å². The Kier molecular flexibility index (Phi) is 3.95. The van der Waals surface area contributed by atoms with Crippen LogP contribution in [0.5, 0.6) is 0 Å². The van der Waals surface area contributed by atoms with E-state index in [9.17, 15) is 4.79 Å². The maximum absolute atomic E-state index is 12.4. The van der Waals surface area contributed by atoms with Crippen LogP contribution in [0.15, 0.2) is 24.3 Å². The molecule has 0 aromatic heterocycles. The van der Waals surface area contributed by atoms with Gasteiger partial charge < -0.3 is 4.90 Å². The van der Waals surface area contributed by atoms with Gasteiger partial charge in [0.2, 0.25) is 5.91 Å². The fraction of sp³-hybridized carbons (Fsp3) is 0.562. The first kappa shape index (κ1) is 14.1. The normalized spacial score (nSPS) is 25.2. The van der Waals surface area contributed by atoms with Gasteiger partial charge in [-0.25, -0.2) is 0 Å². The van der Waals surface area contributed by atoms with Crippen LogP contribution >= 0.6 is 0 Å². The molecule has 2 rings (SSSR count). The standard InChI is InChI=1S/C16H24N2O/c1-10(2)13(5)18-15(17-12(4)16(18)19)14-9-7-6-8-11(14)3/h6-10,12-13,15,17H,1-5H3. The third-order valence-corrected chi connectivity index (χ3v) is 4.20. The third kappa shape index (κ3) is 2.52. The second-order valence-corrected chi connectivity index (χ2v) is 5.88. The number of nitrogens with one attached hydrogen (secondary N) is 1. The topological polar surface area (TPSA) is 32.3 Å². The summed E-state index contributed by atoms with van der Waals surface area (Å²) >= 11 is 0. The summed E-state index contributed by atoms with van der Waals surface area (Å²) in [4.78, 5) is 14.4. The average molecular weight is 260 g/mol. The molecule has 1 aromatic rings. The first-order valence-electron chi connectivity index (χ1n) is 7.07. The molecule has 1 N–H and O–H groups in total. The van der Waals surface area contributed by atoms with Crippen LogP contribution in [0.2, 0.25) is 0 Å². The molecular weight excluding hydrogens is 236 g/mol. The van der Waals surface area contributed by atoms with Crippen molar-refractivity contribution in [3.05, 3.63) is 35.4 Å². The van der Waals surface area contributed by atoms with Gasteiger partial charge >= 0.3 is 0 Å². The monoisotopic (exact) mass is 260 g/mol. The van der Waals surface area contributed by atoms with E-state index >= 15 is 0 Å². The predicted octanol–water partition coefficient (Wildman–Crippen LogP) is 2.86. The molecule has 1 fully saturated rings. The van der Waals surface area contributed by atoms with Crippen molar-refractivity contribution in [2.24, 2.45) is 5.92 Å². The van der Waals surface area contributed by atoms with Crippen molar-refractivity contribution in [3.8, 4) is 0 Å². The van der Waals surface area contributed by atoms with Gasteiger partial charge in [0.15, 0.2) is 0 Å². The van der Waals surface area contributed by atoms with Crippen LogP contribution in [0, 0.1) is 12.8 Å². The second-order valence-electron chi connectivity index (χ2n) is 5.88. The Morgan fingerprint density at radius 1 is 1.21 bits per heavy atom. The highest BCUT2D eigenvalue weighted by Gasteiger charge is 2.40. The van der Waals surface area contributed by atoms with E-state index in [-0.39, 0.29) is 24.2 Å². The minimum Gasteiger partial charge on any atom is -0.319 e. The summed E-state index contributed by atoms with van der Waals surface area (Å²) in [6, 6.07) is 8.41. The van der Waals surface area contributed by atoms with E-state index in [0.717, 1.165) is 0 Å². The van der Waals surface area contributed by atoms with E-state index in [1.807, 2.05) is 24.0 Å². The number of hydrogen-bond donors (Lipinski definition) is 1. The zero-order valence-electron chi connectivity index (χ0n) is 12.5. The van der Waals surface area contributed by atoms with Crippen LogP contribution in [0.3, 0.4) is 0 Å². The molecule has 0 aliphatic carbocycles. The highest BCUT2D eigenvalue weighted by molar-refractivity contribution is 5.84. The van der Waals surface area contributed by atoms with Gasteiger partial charge in [-0.05, 0) is 37.8 Å². The molecule has 1 saturated heterocycles. The van der Waals surface area contributed by atoms with E-state index in [4.69, 9.17) is 0 Å². The predicted molar refractivity (Wildman–Crippen MR) is 77.7 cm³/mol. The largest absolute Gasteiger partial charge is 0.319 e. The molecule has 1 aliphatic heterocycles. The Morgan fingerprint density at radius 3 is 2.42 bits per heavy atom. The Bertz CT molecular complexity index is 470. The molecule has 3 heteroatoms. The van der Waals surface area contributed by atoms with E-state index in [2.05, 4.69) is 45.1 Å². The van der Waals surface area contributed by atoms with E-state index < -0.39 is 0 Å². The lowest BCUT2D eigenvalue weighted by Crippen LogP contribution is -2.41. The molecule has 1 amide bonds. The lowest BCUT2D eigenvalue weighted by molar-refractivity contribution is -0.132. The summed E-state index contributed by atoms with van der Waals surface area (Å²) in [5.74, 6) is 0.650. The molecule has 1 aromatic carbocycles. The Morgan fingerprint density at radius 2 is 1.84 bits per heavy atom. The molecule has 0 radical (unpaired) electrons. The van der Waals surface area contributed by atoms with Crippen molar-refractivity contribution in [1.29, 1.82) is 0 Å². The fourth-order valence-corrected chi connectivity index (χ4v) is 2.63. The molecule has 0 spiro atoms. The molecule has 0 bridgehead atoms. The van der Waals surface area contributed by atoms with Gasteiger partial charge in [-0.15, -0.1) is 0 Å². The Balaban J connectivity index is 2.38. The molecule has 3 unspecified atom stereocenters. The average Bonchev–Trinajstić information content (AvgIpc) is 2.65. The summed E-state index contributed by atoms with van der Waals surface area (Å²) in [6.07, 6.45) is 0.00102. The van der Waals surface area contributed by atoms with Gasteiger partial charge in [0.25, 0.3) is 0 Å². The molecule has 1 heterocycles.